The van der Waals surface area contributed by atoms with Crippen LogP contribution in [0.5, 0.6) is 0 Å². The molecule has 4 nitrogen and oxygen atoms in total. The van der Waals surface area contributed by atoms with Crippen LogP contribution in [0.25, 0.3) is 0 Å². The van der Waals surface area contributed by atoms with Crippen LogP contribution in [0, 0.1) is 10.8 Å². The van der Waals surface area contributed by atoms with Crippen molar-refractivity contribution >= 4 is 5.96 Å². The van der Waals surface area contributed by atoms with Gasteiger partial charge in [-0.1, -0.05) is 48.0 Å². The molecule has 0 spiro atoms. The Morgan fingerprint density at radius 3 is 1.90 bits per heavy atom. The largest absolute Gasteiger partial charge is 0.341 e. The molecule has 0 aliphatic carbocycles. The molecule has 1 fully saturated rings. The minimum atomic E-state index is 0.306. The third-order valence-electron chi connectivity index (χ3n) is 7.67. The van der Waals surface area contributed by atoms with E-state index in [0.29, 0.717) is 16.4 Å². The lowest BCUT2D eigenvalue weighted by atomic mass is 9.72. The van der Waals surface area contributed by atoms with Crippen LogP contribution in [0.4, 0.5) is 0 Å². The Morgan fingerprint density at radius 1 is 0.833 bits per heavy atom. The lowest BCUT2D eigenvalue weighted by Crippen LogP contribution is -2.41. The van der Waals surface area contributed by atoms with Gasteiger partial charge in [-0.15, -0.1) is 0 Å². The lowest BCUT2D eigenvalue weighted by molar-refractivity contribution is 0.147. The van der Waals surface area contributed by atoms with Crippen LogP contribution >= 0.6 is 0 Å². The average molecular weight is 423 g/mol. The van der Waals surface area contributed by atoms with Crippen LogP contribution in [-0.2, 0) is 0 Å². The van der Waals surface area contributed by atoms with Crippen LogP contribution in [0.2, 0.25) is 0 Å². The molecular formula is C26H54N4. The molecule has 178 valence electrons. The molecule has 4 heteroatoms. The van der Waals surface area contributed by atoms with Crippen molar-refractivity contribution in [3.05, 3.63) is 0 Å². The first kappa shape index (κ1) is 27.3. The monoisotopic (exact) mass is 422 g/mol. The first-order chi connectivity index (χ1) is 13.9. The van der Waals surface area contributed by atoms with E-state index in [4.69, 9.17) is 0 Å². The zero-order chi connectivity index (χ0) is 23.0. The van der Waals surface area contributed by atoms with Crippen LogP contribution in [0.3, 0.4) is 0 Å². The summed E-state index contributed by atoms with van der Waals surface area (Å²) in [6.45, 7) is 24.8. The van der Waals surface area contributed by atoms with Gasteiger partial charge in [0.15, 0.2) is 5.96 Å². The number of guanidine groups is 1. The maximum Gasteiger partial charge on any atom is 0.196 e. The normalized spacial score (nSPS) is 17.6. The fourth-order valence-corrected chi connectivity index (χ4v) is 4.83. The summed E-state index contributed by atoms with van der Waals surface area (Å²) in [7, 11) is 4.23. The second kappa shape index (κ2) is 11.7. The molecule has 1 rings (SSSR count). The van der Waals surface area contributed by atoms with Crippen molar-refractivity contribution in [3.8, 4) is 0 Å². The molecule has 30 heavy (non-hydrogen) atoms. The molecule has 0 atom stereocenters. The summed E-state index contributed by atoms with van der Waals surface area (Å²) in [4.78, 5) is 12.2. The molecule has 0 aromatic rings. The van der Waals surface area contributed by atoms with Gasteiger partial charge in [-0.2, -0.15) is 0 Å². The highest BCUT2D eigenvalue weighted by molar-refractivity contribution is 5.81. The van der Waals surface area contributed by atoms with Crippen molar-refractivity contribution in [3.63, 3.8) is 0 Å². The smallest absolute Gasteiger partial charge is 0.196 e. The van der Waals surface area contributed by atoms with Gasteiger partial charge >= 0.3 is 0 Å². The Labute approximate surface area is 189 Å². The molecule has 0 aromatic heterocycles. The van der Waals surface area contributed by atoms with Gasteiger partial charge in [0.2, 0.25) is 0 Å². The summed E-state index contributed by atoms with van der Waals surface area (Å²) in [5, 5.41) is 0. The molecule has 1 heterocycles. The summed E-state index contributed by atoms with van der Waals surface area (Å²) in [5.74, 6) is 1.23. The summed E-state index contributed by atoms with van der Waals surface area (Å²) in [5.41, 5.74) is 1.17. The zero-order valence-corrected chi connectivity index (χ0v) is 22.3. The van der Waals surface area contributed by atoms with Crippen LogP contribution < -0.4 is 0 Å². The highest BCUT2D eigenvalue weighted by Crippen LogP contribution is 2.38. The second-order valence-corrected chi connectivity index (χ2v) is 11.8. The van der Waals surface area contributed by atoms with E-state index in [1.165, 1.54) is 57.5 Å². The summed E-state index contributed by atoms with van der Waals surface area (Å²) in [6, 6.07) is 0. The Balaban J connectivity index is 2.40. The molecule has 0 amide bonds. The van der Waals surface area contributed by atoms with E-state index in [-0.39, 0.29) is 0 Å². The predicted octanol–water partition coefficient (Wildman–Crippen LogP) is 6.12. The number of nitrogens with zero attached hydrogens (tertiary/aromatic N) is 4. The minimum Gasteiger partial charge on any atom is -0.341 e. The summed E-state index contributed by atoms with van der Waals surface area (Å²) < 4.78 is 0. The van der Waals surface area contributed by atoms with Crippen molar-refractivity contribution in [1.29, 1.82) is 0 Å². The third-order valence-corrected chi connectivity index (χ3v) is 7.67. The van der Waals surface area contributed by atoms with Crippen molar-refractivity contribution in [2.75, 3.05) is 46.8 Å². The maximum absolute atomic E-state index is 4.66. The number of rotatable bonds is 14. The molecule has 0 saturated carbocycles. The first-order valence-electron chi connectivity index (χ1n) is 12.6. The van der Waals surface area contributed by atoms with Crippen molar-refractivity contribution in [2.24, 2.45) is 15.8 Å². The van der Waals surface area contributed by atoms with E-state index in [1.54, 1.807) is 0 Å². The topological polar surface area (TPSA) is 22.1 Å². The molecule has 0 radical (unpaired) electrons. The highest BCUT2D eigenvalue weighted by Gasteiger charge is 2.29. The van der Waals surface area contributed by atoms with E-state index >= 15 is 0 Å². The van der Waals surface area contributed by atoms with Crippen LogP contribution in [0.15, 0.2) is 4.99 Å². The Morgan fingerprint density at radius 2 is 1.40 bits per heavy atom. The average Bonchev–Trinajstić information content (AvgIpc) is 3.05. The Bertz CT molecular complexity index is 521. The van der Waals surface area contributed by atoms with E-state index < -0.39 is 0 Å². The first-order valence-corrected chi connectivity index (χ1v) is 12.6. The van der Waals surface area contributed by atoms with Gasteiger partial charge in [0, 0.05) is 38.8 Å². The van der Waals surface area contributed by atoms with E-state index in [1.807, 2.05) is 7.05 Å². The zero-order valence-electron chi connectivity index (χ0n) is 22.3. The van der Waals surface area contributed by atoms with Gasteiger partial charge in [-0.3, -0.25) is 4.99 Å². The van der Waals surface area contributed by atoms with Crippen molar-refractivity contribution in [2.45, 2.75) is 106 Å². The van der Waals surface area contributed by atoms with Gasteiger partial charge in [0.05, 0.1) is 0 Å². The fraction of sp³-hybridized carbons (Fsp3) is 0.962. The molecule has 0 bridgehead atoms. The summed E-state index contributed by atoms with van der Waals surface area (Å²) >= 11 is 0. The van der Waals surface area contributed by atoms with E-state index in [0.717, 1.165) is 26.2 Å². The SMILES string of the molecule is CCC(C)(C)CC(C)(C)CCCN1CCN(CCCCN(C)C(C)(C)CC)/C1=N\C. The lowest BCUT2D eigenvalue weighted by Gasteiger charge is -2.35. The number of hydrogen-bond donors (Lipinski definition) is 0. The molecule has 0 N–H and O–H groups in total. The van der Waals surface area contributed by atoms with Gasteiger partial charge in [0.1, 0.15) is 0 Å². The number of hydrogen-bond acceptors (Lipinski definition) is 2. The van der Waals surface area contributed by atoms with Gasteiger partial charge in [-0.25, -0.2) is 0 Å². The molecule has 1 aliphatic heterocycles. The maximum atomic E-state index is 4.66. The molecule has 0 aromatic carbocycles. The van der Waals surface area contributed by atoms with Gasteiger partial charge in [-0.05, 0) is 76.8 Å². The quantitative estimate of drug-likeness (QED) is 0.315. The summed E-state index contributed by atoms with van der Waals surface area (Å²) in [6.07, 6.45) is 8.82. The number of unbranched alkanes of at least 4 members (excludes halogenated alkanes) is 1. The second-order valence-electron chi connectivity index (χ2n) is 11.8. The third kappa shape index (κ3) is 8.77. The predicted molar refractivity (Wildman–Crippen MR) is 134 cm³/mol. The van der Waals surface area contributed by atoms with E-state index in [9.17, 15) is 0 Å². The minimum absolute atomic E-state index is 0.306. The van der Waals surface area contributed by atoms with E-state index in [2.05, 4.69) is 82.1 Å². The van der Waals surface area contributed by atoms with Gasteiger partial charge in [0.25, 0.3) is 0 Å². The Kier molecular flexibility index (Phi) is 10.7. The molecule has 1 saturated heterocycles. The Hall–Kier alpha value is -0.770. The van der Waals surface area contributed by atoms with Gasteiger partial charge < -0.3 is 14.7 Å². The van der Waals surface area contributed by atoms with Crippen molar-refractivity contribution < 1.29 is 0 Å². The highest BCUT2D eigenvalue weighted by atomic mass is 15.4. The molecule has 1 aliphatic rings. The standard InChI is InChI=1S/C26H54N4/c1-11-24(3,4)22-25(5,6)16-15-19-30-21-20-29(23(30)27-9)18-14-13-17-28(10)26(7,8)12-2/h11-22H2,1-10H3/b27-23+. The molecule has 0 unspecified atom stereocenters. The van der Waals surface area contributed by atoms with Crippen LogP contribution in [0.1, 0.15) is 100 Å². The van der Waals surface area contributed by atoms with Crippen LogP contribution in [-0.4, -0.2) is 73.0 Å². The molecular weight excluding hydrogens is 368 g/mol. The fourth-order valence-electron chi connectivity index (χ4n) is 4.83. The van der Waals surface area contributed by atoms with Crippen molar-refractivity contribution in [1.82, 2.24) is 14.7 Å². The number of aliphatic imine (C=N–C) groups is 1.